The molecule has 0 radical (unpaired) electrons. The minimum absolute atomic E-state index is 0.0914. The fourth-order valence-electron chi connectivity index (χ4n) is 7.46. The normalized spacial score (nSPS) is 27.8. The van der Waals surface area contributed by atoms with E-state index < -0.39 is 20.2 Å². The highest BCUT2D eigenvalue weighted by atomic mass is 32.2. The Hall–Kier alpha value is -2.88. The molecule has 3 aliphatic rings. The summed E-state index contributed by atoms with van der Waals surface area (Å²) in [4.78, 5) is 0.287. The number of hydrogen-bond acceptors (Lipinski definition) is 7. The van der Waals surface area contributed by atoms with Crippen molar-refractivity contribution in [1.82, 2.24) is 0 Å². The third kappa shape index (κ3) is 4.72. The highest BCUT2D eigenvalue weighted by molar-refractivity contribution is 7.87. The summed E-state index contributed by atoms with van der Waals surface area (Å²) in [5.74, 6) is 1.62. The molecule has 0 aromatic heterocycles. The van der Waals surface area contributed by atoms with Gasteiger partial charge < -0.3 is 8.92 Å². The molecule has 3 aromatic rings. The zero-order chi connectivity index (χ0) is 28.1. The molecule has 0 spiro atoms. The number of methoxy groups -OCH3 is 1. The molecule has 0 heterocycles. The summed E-state index contributed by atoms with van der Waals surface area (Å²) < 4.78 is 69.0. The second-order valence-electron chi connectivity index (χ2n) is 11.4. The number of benzene rings is 3. The van der Waals surface area contributed by atoms with Crippen LogP contribution in [0, 0.1) is 17.3 Å². The lowest BCUT2D eigenvalue weighted by molar-refractivity contribution is -0.00807. The molecule has 212 valence electrons. The van der Waals surface area contributed by atoms with E-state index in [-0.39, 0.29) is 27.1 Å². The first kappa shape index (κ1) is 27.3. The van der Waals surface area contributed by atoms with Gasteiger partial charge in [-0.2, -0.15) is 16.8 Å². The van der Waals surface area contributed by atoms with E-state index in [0.29, 0.717) is 23.5 Å². The zero-order valence-electron chi connectivity index (χ0n) is 22.7. The second kappa shape index (κ2) is 10.2. The first-order chi connectivity index (χ1) is 19.1. The van der Waals surface area contributed by atoms with Crippen molar-refractivity contribution in [1.29, 1.82) is 0 Å². The van der Waals surface area contributed by atoms with Crippen LogP contribution >= 0.6 is 0 Å². The van der Waals surface area contributed by atoms with Crippen molar-refractivity contribution in [2.24, 2.45) is 17.3 Å². The van der Waals surface area contributed by atoms with Crippen LogP contribution in [0.5, 0.6) is 11.5 Å². The average molecular weight is 583 g/mol. The van der Waals surface area contributed by atoms with Gasteiger partial charge in [-0.1, -0.05) is 43.3 Å². The van der Waals surface area contributed by atoms with E-state index in [9.17, 15) is 16.8 Å². The lowest BCUT2D eigenvalue weighted by atomic mass is 9.55. The molecule has 3 unspecified atom stereocenters. The van der Waals surface area contributed by atoms with Crippen molar-refractivity contribution in [2.45, 2.75) is 67.3 Å². The molecule has 0 amide bonds. The van der Waals surface area contributed by atoms with Crippen LogP contribution in [0.2, 0.25) is 0 Å². The van der Waals surface area contributed by atoms with Crippen LogP contribution in [0.4, 0.5) is 0 Å². The predicted octanol–water partition coefficient (Wildman–Crippen LogP) is 6.09. The van der Waals surface area contributed by atoms with E-state index in [0.717, 1.165) is 44.1 Å². The summed E-state index contributed by atoms with van der Waals surface area (Å²) in [7, 11) is -6.32. The second-order valence-corrected chi connectivity index (χ2v) is 14.6. The Bertz CT molecular complexity index is 1600. The Kier molecular flexibility index (Phi) is 6.95. The minimum atomic E-state index is -4.00. The van der Waals surface area contributed by atoms with Gasteiger partial charge in [0.05, 0.1) is 18.1 Å². The van der Waals surface area contributed by atoms with Crippen LogP contribution in [0.1, 0.15) is 56.1 Å². The van der Waals surface area contributed by atoms with Gasteiger partial charge in [-0.25, -0.2) is 0 Å². The number of ether oxygens (including phenoxy) is 1. The number of rotatable bonds is 7. The lowest BCUT2D eigenvalue weighted by Crippen LogP contribution is -2.45. The Morgan fingerprint density at radius 3 is 2.08 bits per heavy atom. The number of aryl methyl sites for hydroxylation is 1. The Morgan fingerprint density at radius 1 is 0.775 bits per heavy atom. The van der Waals surface area contributed by atoms with Crippen molar-refractivity contribution in [3.8, 4) is 11.5 Å². The molecule has 0 bridgehead atoms. The standard InChI is InChI=1S/C31H34O7S2/c1-31-18-17-24-25(27(31)15-16-30(31)38-40(34,35)23-11-7-4-8-12-23)14-13-21-19-29(28(36-2)20-26(21)24)37-39(32,33)22-9-5-3-6-10-22/h3-12,19-20,24-25,27,30H,13-18H2,1-2H3/t24?,25?,27?,30-,31-/m0/s1. The Morgan fingerprint density at radius 2 is 1.43 bits per heavy atom. The van der Waals surface area contributed by atoms with Crippen LogP contribution in [-0.2, 0) is 30.8 Å². The maximum atomic E-state index is 13.1. The average Bonchev–Trinajstić information content (AvgIpc) is 3.28. The largest absolute Gasteiger partial charge is 0.493 e. The van der Waals surface area contributed by atoms with Crippen molar-refractivity contribution in [3.05, 3.63) is 83.9 Å². The molecule has 0 saturated heterocycles. The first-order valence-electron chi connectivity index (χ1n) is 13.8. The summed E-state index contributed by atoms with van der Waals surface area (Å²) >= 11 is 0. The maximum absolute atomic E-state index is 13.1. The molecule has 3 aromatic carbocycles. The highest BCUT2D eigenvalue weighted by Gasteiger charge is 2.56. The number of fused-ring (bicyclic) bond motifs is 5. The molecular formula is C31H34O7S2. The molecule has 3 aliphatic carbocycles. The first-order valence-corrected chi connectivity index (χ1v) is 16.6. The van der Waals surface area contributed by atoms with E-state index in [1.54, 1.807) is 48.5 Å². The van der Waals surface area contributed by atoms with Gasteiger partial charge in [0.2, 0.25) is 0 Å². The fourth-order valence-corrected chi connectivity index (χ4v) is 9.64. The van der Waals surface area contributed by atoms with Crippen LogP contribution in [-0.4, -0.2) is 30.0 Å². The third-order valence-electron chi connectivity index (χ3n) is 9.43. The molecule has 2 fully saturated rings. The SMILES string of the molecule is COc1cc2c(cc1OS(=O)(=O)c1ccccc1)CCC1C2CC[C@@]2(C)C1CC[C@@H]2OS(=O)(=O)c1ccccc1. The molecule has 9 heteroatoms. The van der Waals surface area contributed by atoms with Gasteiger partial charge >= 0.3 is 10.1 Å². The molecule has 7 nitrogen and oxygen atoms in total. The van der Waals surface area contributed by atoms with Crippen LogP contribution in [0.15, 0.2) is 82.6 Å². The summed E-state index contributed by atoms with van der Waals surface area (Å²) in [6, 6.07) is 20.2. The van der Waals surface area contributed by atoms with Crippen molar-refractivity contribution >= 4 is 20.2 Å². The van der Waals surface area contributed by atoms with Gasteiger partial charge in [0.15, 0.2) is 11.5 Å². The summed E-state index contributed by atoms with van der Waals surface area (Å²) in [5.41, 5.74) is 2.04. The van der Waals surface area contributed by atoms with E-state index in [4.69, 9.17) is 13.1 Å². The maximum Gasteiger partial charge on any atom is 0.339 e. The number of hydrogen-bond donors (Lipinski definition) is 0. The molecule has 5 atom stereocenters. The van der Waals surface area contributed by atoms with Crippen LogP contribution < -0.4 is 8.92 Å². The van der Waals surface area contributed by atoms with E-state index in [1.165, 1.54) is 24.8 Å². The summed E-state index contributed by atoms with van der Waals surface area (Å²) in [6.45, 7) is 2.20. The molecular weight excluding hydrogens is 548 g/mol. The Labute approximate surface area is 236 Å². The molecule has 6 rings (SSSR count). The topological polar surface area (TPSA) is 96.0 Å². The van der Waals surface area contributed by atoms with Gasteiger partial charge in [0.25, 0.3) is 10.1 Å². The van der Waals surface area contributed by atoms with Crippen LogP contribution in [0.3, 0.4) is 0 Å². The van der Waals surface area contributed by atoms with Gasteiger partial charge in [0.1, 0.15) is 4.90 Å². The molecule has 2 saturated carbocycles. The smallest absolute Gasteiger partial charge is 0.339 e. The van der Waals surface area contributed by atoms with E-state index in [2.05, 4.69) is 6.92 Å². The van der Waals surface area contributed by atoms with Crippen molar-refractivity contribution < 1.29 is 29.9 Å². The van der Waals surface area contributed by atoms with Gasteiger partial charge in [-0.3, -0.25) is 4.18 Å². The van der Waals surface area contributed by atoms with Crippen molar-refractivity contribution in [2.75, 3.05) is 7.11 Å². The molecule has 0 N–H and O–H groups in total. The van der Waals surface area contributed by atoms with Crippen molar-refractivity contribution in [3.63, 3.8) is 0 Å². The van der Waals surface area contributed by atoms with Gasteiger partial charge in [0, 0.05) is 0 Å². The monoisotopic (exact) mass is 582 g/mol. The quantitative estimate of drug-likeness (QED) is 0.311. The van der Waals surface area contributed by atoms with Gasteiger partial charge in [-0.15, -0.1) is 0 Å². The lowest BCUT2D eigenvalue weighted by Gasteiger charge is -2.50. The Balaban J connectivity index is 1.25. The summed E-state index contributed by atoms with van der Waals surface area (Å²) in [6.07, 6.45) is 4.80. The minimum Gasteiger partial charge on any atom is -0.493 e. The van der Waals surface area contributed by atoms with E-state index in [1.807, 2.05) is 12.1 Å². The highest BCUT2D eigenvalue weighted by Crippen LogP contribution is 2.62. The van der Waals surface area contributed by atoms with Crippen LogP contribution in [0.25, 0.3) is 0 Å². The van der Waals surface area contributed by atoms with E-state index >= 15 is 0 Å². The zero-order valence-corrected chi connectivity index (χ0v) is 24.3. The predicted molar refractivity (Wildman–Crippen MR) is 150 cm³/mol. The summed E-state index contributed by atoms with van der Waals surface area (Å²) in [5, 5.41) is 0. The van der Waals surface area contributed by atoms with Gasteiger partial charge in [-0.05, 0) is 109 Å². The third-order valence-corrected chi connectivity index (χ3v) is 12.0. The fraction of sp³-hybridized carbons (Fsp3) is 0.419. The molecule has 0 aliphatic heterocycles. The molecule has 40 heavy (non-hydrogen) atoms.